The number of nitrogens with two attached hydrogens (primary N) is 1. The van der Waals surface area contributed by atoms with Crippen LogP contribution >= 0.6 is 23.8 Å². The van der Waals surface area contributed by atoms with E-state index < -0.39 is 0 Å². The molecular formula is C11H7ClN4S. The second-order valence-corrected chi connectivity index (χ2v) is 3.83. The summed E-state index contributed by atoms with van der Waals surface area (Å²) in [6.07, 6.45) is 1.30. The molecule has 0 heterocycles. The summed E-state index contributed by atoms with van der Waals surface area (Å²) in [5, 5.41) is 20.3. The van der Waals surface area contributed by atoms with E-state index in [1.165, 1.54) is 6.20 Å². The van der Waals surface area contributed by atoms with Gasteiger partial charge in [-0.2, -0.15) is 10.5 Å². The molecule has 0 aliphatic rings. The fourth-order valence-corrected chi connectivity index (χ4v) is 1.57. The Labute approximate surface area is 109 Å². The summed E-state index contributed by atoms with van der Waals surface area (Å²) in [6.45, 7) is 0. The van der Waals surface area contributed by atoms with Crippen molar-refractivity contribution >= 4 is 34.5 Å². The standard InChI is InChI=1S/C11H7ClN4S/c12-10-3-8(1-2-9(10)11(15)17)16-6-7(4-13)5-14/h1-3,6,16H,(H2,15,17). The number of nitrogens with zero attached hydrogens (tertiary/aromatic N) is 2. The van der Waals surface area contributed by atoms with Gasteiger partial charge in [-0.25, -0.2) is 0 Å². The van der Waals surface area contributed by atoms with Gasteiger partial charge in [-0.15, -0.1) is 0 Å². The van der Waals surface area contributed by atoms with Gasteiger partial charge in [0.2, 0.25) is 0 Å². The first kappa shape index (κ1) is 13.0. The third-order valence-corrected chi connectivity index (χ3v) is 2.39. The zero-order valence-electron chi connectivity index (χ0n) is 8.57. The number of allylic oxidation sites excluding steroid dienone is 1. The van der Waals surface area contributed by atoms with Crippen LogP contribution in [0.1, 0.15) is 5.56 Å². The Morgan fingerprint density at radius 1 is 1.41 bits per heavy atom. The molecule has 0 saturated carbocycles. The summed E-state index contributed by atoms with van der Waals surface area (Å²) >= 11 is 10.8. The third kappa shape index (κ3) is 3.46. The Balaban J connectivity index is 2.94. The second kappa shape index (κ2) is 5.86. The van der Waals surface area contributed by atoms with Gasteiger partial charge < -0.3 is 11.1 Å². The van der Waals surface area contributed by atoms with E-state index in [0.717, 1.165) is 0 Å². The van der Waals surface area contributed by atoms with Gasteiger partial charge in [-0.1, -0.05) is 23.8 Å². The number of anilines is 1. The topological polar surface area (TPSA) is 85.6 Å². The minimum Gasteiger partial charge on any atom is -0.389 e. The summed E-state index contributed by atoms with van der Waals surface area (Å²) in [5.41, 5.74) is 6.65. The Morgan fingerprint density at radius 2 is 2.06 bits per heavy atom. The predicted octanol–water partition coefficient (Wildman–Crippen LogP) is 2.32. The Morgan fingerprint density at radius 3 is 2.53 bits per heavy atom. The van der Waals surface area contributed by atoms with Crippen LogP contribution < -0.4 is 11.1 Å². The first-order valence-electron chi connectivity index (χ1n) is 4.44. The molecule has 17 heavy (non-hydrogen) atoms. The molecule has 0 aliphatic heterocycles. The molecule has 0 atom stereocenters. The van der Waals surface area contributed by atoms with E-state index >= 15 is 0 Å². The number of nitriles is 2. The van der Waals surface area contributed by atoms with Gasteiger partial charge in [0.25, 0.3) is 0 Å². The zero-order valence-corrected chi connectivity index (χ0v) is 10.1. The molecule has 4 nitrogen and oxygen atoms in total. The second-order valence-electron chi connectivity index (χ2n) is 2.98. The molecule has 0 unspecified atom stereocenters. The number of nitrogens with one attached hydrogen (secondary N) is 1. The summed E-state index contributed by atoms with van der Waals surface area (Å²) in [5.74, 6) is 0. The SMILES string of the molecule is N#CC(C#N)=CNc1ccc(C(N)=S)c(Cl)c1. The van der Waals surface area contributed by atoms with Crippen LogP contribution in [-0.4, -0.2) is 4.99 Å². The van der Waals surface area contributed by atoms with Crippen molar-refractivity contribution in [2.45, 2.75) is 0 Å². The lowest BCUT2D eigenvalue weighted by molar-refractivity contribution is 1.44. The largest absolute Gasteiger partial charge is 0.389 e. The molecule has 3 N–H and O–H groups in total. The van der Waals surface area contributed by atoms with Crippen molar-refractivity contribution in [2.75, 3.05) is 5.32 Å². The van der Waals surface area contributed by atoms with Crippen LogP contribution in [0.4, 0.5) is 5.69 Å². The van der Waals surface area contributed by atoms with Crippen molar-refractivity contribution in [1.29, 1.82) is 10.5 Å². The monoisotopic (exact) mass is 262 g/mol. The number of halogens is 1. The molecule has 0 radical (unpaired) electrons. The first-order valence-corrected chi connectivity index (χ1v) is 5.23. The quantitative estimate of drug-likeness (QED) is 0.645. The molecule has 84 valence electrons. The fourth-order valence-electron chi connectivity index (χ4n) is 1.05. The van der Waals surface area contributed by atoms with E-state index in [2.05, 4.69) is 5.32 Å². The van der Waals surface area contributed by atoms with Crippen LogP contribution in [0, 0.1) is 22.7 Å². The maximum absolute atomic E-state index is 8.54. The summed E-state index contributed by atoms with van der Waals surface area (Å²) < 4.78 is 0. The van der Waals surface area contributed by atoms with Gasteiger partial charge >= 0.3 is 0 Å². The molecule has 1 aromatic rings. The molecule has 1 rings (SSSR count). The van der Waals surface area contributed by atoms with E-state index in [4.69, 9.17) is 40.1 Å². The zero-order chi connectivity index (χ0) is 12.8. The normalized spacial score (nSPS) is 8.65. The number of benzene rings is 1. The average Bonchev–Trinajstić information content (AvgIpc) is 2.30. The summed E-state index contributed by atoms with van der Waals surface area (Å²) in [4.78, 5) is 0.215. The van der Waals surface area contributed by atoms with Crippen molar-refractivity contribution in [3.05, 3.63) is 40.6 Å². The van der Waals surface area contributed by atoms with Crippen molar-refractivity contribution < 1.29 is 0 Å². The lowest BCUT2D eigenvalue weighted by Crippen LogP contribution is -2.09. The predicted molar refractivity (Wildman–Crippen MR) is 70.3 cm³/mol. The molecule has 0 aliphatic carbocycles. The van der Waals surface area contributed by atoms with E-state index in [0.29, 0.717) is 16.3 Å². The van der Waals surface area contributed by atoms with Crippen molar-refractivity contribution in [1.82, 2.24) is 0 Å². The molecule has 0 spiro atoms. The highest BCUT2D eigenvalue weighted by Gasteiger charge is 2.03. The lowest BCUT2D eigenvalue weighted by atomic mass is 10.2. The van der Waals surface area contributed by atoms with E-state index in [1.807, 2.05) is 0 Å². The van der Waals surface area contributed by atoms with Gasteiger partial charge in [0.15, 0.2) is 0 Å². The molecule has 0 fully saturated rings. The molecular weight excluding hydrogens is 256 g/mol. The van der Waals surface area contributed by atoms with Crippen molar-refractivity contribution in [3.63, 3.8) is 0 Å². The molecule has 6 heteroatoms. The van der Waals surface area contributed by atoms with Gasteiger partial charge in [0, 0.05) is 17.5 Å². The highest BCUT2D eigenvalue weighted by atomic mass is 35.5. The maximum Gasteiger partial charge on any atom is 0.145 e. The first-order chi connectivity index (χ1) is 8.08. The highest BCUT2D eigenvalue weighted by molar-refractivity contribution is 7.80. The minimum absolute atomic E-state index is 0.0282. The van der Waals surface area contributed by atoms with Crippen molar-refractivity contribution in [2.24, 2.45) is 5.73 Å². The molecule has 0 amide bonds. The van der Waals surface area contributed by atoms with Gasteiger partial charge in [-0.05, 0) is 18.2 Å². The smallest absolute Gasteiger partial charge is 0.145 e. The number of rotatable bonds is 3. The summed E-state index contributed by atoms with van der Waals surface area (Å²) in [7, 11) is 0. The Bertz CT molecular complexity index is 550. The number of hydrogen-bond acceptors (Lipinski definition) is 4. The number of hydrogen-bond donors (Lipinski definition) is 2. The van der Waals surface area contributed by atoms with Crippen LogP contribution in [-0.2, 0) is 0 Å². The summed E-state index contributed by atoms with van der Waals surface area (Å²) in [6, 6.07) is 8.43. The van der Waals surface area contributed by atoms with Crippen LogP contribution in [0.25, 0.3) is 0 Å². The average molecular weight is 263 g/mol. The van der Waals surface area contributed by atoms with Gasteiger partial charge in [0.1, 0.15) is 22.7 Å². The minimum atomic E-state index is -0.0282. The van der Waals surface area contributed by atoms with E-state index in [1.54, 1.807) is 30.3 Å². The Kier molecular flexibility index (Phi) is 4.47. The molecule has 1 aromatic carbocycles. The van der Waals surface area contributed by atoms with Crippen LogP contribution in [0.5, 0.6) is 0 Å². The lowest BCUT2D eigenvalue weighted by Gasteiger charge is -2.05. The molecule has 0 saturated heterocycles. The highest BCUT2D eigenvalue weighted by Crippen LogP contribution is 2.21. The molecule has 0 bridgehead atoms. The van der Waals surface area contributed by atoms with Gasteiger partial charge in [0.05, 0.1) is 5.02 Å². The number of thiocarbonyl (C=S) groups is 1. The van der Waals surface area contributed by atoms with Gasteiger partial charge in [-0.3, -0.25) is 0 Å². The Hall–Kier alpha value is -2.08. The fraction of sp³-hybridized carbons (Fsp3) is 0. The third-order valence-electron chi connectivity index (χ3n) is 1.86. The van der Waals surface area contributed by atoms with Crippen LogP contribution in [0.3, 0.4) is 0 Å². The van der Waals surface area contributed by atoms with Crippen molar-refractivity contribution in [3.8, 4) is 12.1 Å². The maximum atomic E-state index is 8.54. The van der Waals surface area contributed by atoms with Crippen LogP contribution in [0.15, 0.2) is 30.0 Å². The van der Waals surface area contributed by atoms with E-state index in [9.17, 15) is 0 Å². The molecule has 0 aromatic heterocycles. The van der Waals surface area contributed by atoms with E-state index in [-0.39, 0.29) is 10.6 Å². The van der Waals surface area contributed by atoms with Crippen LogP contribution in [0.2, 0.25) is 5.02 Å².